The monoisotopic (exact) mass is 240 g/mol. The number of thioether (sulfide) groups is 2. The summed E-state index contributed by atoms with van der Waals surface area (Å²) in [6, 6.07) is 0. The summed E-state index contributed by atoms with van der Waals surface area (Å²) < 4.78 is 4.36. The fourth-order valence-corrected chi connectivity index (χ4v) is 3.06. The van der Waals surface area contributed by atoms with Crippen molar-refractivity contribution in [2.45, 2.75) is 10.1 Å². The van der Waals surface area contributed by atoms with Crippen molar-refractivity contribution in [1.29, 1.82) is 0 Å². The lowest BCUT2D eigenvalue weighted by atomic mass is 10.4. The van der Waals surface area contributed by atoms with Gasteiger partial charge in [0.25, 0.3) is 11.6 Å². The number of aliphatic carboxylic acids is 1. The highest BCUT2D eigenvalue weighted by atomic mass is 32.2. The van der Waals surface area contributed by atoms with E-state index >= 15 is 0 Å². The molecular formula is C6H8O6S2. The van der Waals surface area contributed by atoms with Crippen LogP contribution in [0.4, 0.5) is 0 Å². The van der Waals surface area contributed by atoms with E-state index in [4.69, 9.17) is 5.11 Å². The first-order chi connectivity index (χ1) is 6.42. The van der Waals surface area contributed by atoms with Gasteiger partial charge in [0.1, 0.15) is 0 Å². The second-order valence-corrected chi connectivity index (χ2v) is 5.06. The van der Waals surface area contributed by atoms with Crippen LogP contribution in [0.3, 0.4) is 0 Å². The Balaban J connectivity index is 2.61. The zero-order chi connectivity index (χ0) is 10.8. The molecule has 80 valence electrons. The molecule has 0 bridgehead atoms. The molecule has 0 spiro atoms. The number of rotatable bonds is 3. The summed E-state index contributed by atoms with van der Waals surface area (Å²) >= 11 is 1.30. The van der Waals surface area contributed by atoms with Crippen LogP contribution in [0.25, 0.3) is 0 Å². The van der Waals surface area contributed by atoms with Gasteiger partial charge >= 0.3 is 5.97 Å². The van der Waals surface area contributed by atoms with Crippen LogP contribution in [0.1, 0.15) is 0 Å². The summed E-state index contributed by atoms with van der Waals surface area (Å²) in [6.45, 7) is 0.0820. The van der Waals surface area contributed by atoms with Gasteiger partial charge in [0.2, 0.25) is 4.93 Å². The van der Waals surface area contributed by atoms with Gasteiger partial charge in [0.05, 0.1) is 5.75 Å². The van der Waals surface area contributed by atoms with E-state index in [0.717, 1.165) is 0 Å². The SMILES string of the molecule is O=COC1(O)CSC(O)(C(=O)O)CS1. The molecule has 14 heavy (non-hydrogen) atoms. The molecule has 0 aromatic carbocycles. The first kappa shape index (κ1) is 11.6. The molecule has 1 saturated heterocycles. The minimum absolute atomic E-state index is 0.0820. The third-order valence-electron chi connectivity index (χ3n) is 1.55. The van der Waals surface area contributed by atoms with Gasteiger partial charge in [-0.2, -0.15) is 0 Å². The number of carboxylic acids is 1. The van der Waals surface area contributed by atoms with Gasteiger partial charge in [0, 0.05) is 5.75 Å². The number of carboxylic acid groups (broad SMARTS) is 1. The maximum Gasteiger partial charge on any atom is 0.347 e. The Bertz CT molecular complexity index is 247. The predicted molar refractivity (Wildman–Crippen MR) is 49.6 cm³/mol. The molecule has 1 aliphatic heterocycles. The van der Waals surface area contributed by atoms with Gasteiger partial charge in [0.15, 0.2) is 0 Å². The first-order valence-corrected chi connectivity index (χ1v) is 5.46. The highest BCUT2D eigenvalue weighted by Gasteiger charge is 2.48. The zero-order valence-corrected chi connectivity index (χ0v) is 8.51. The van der Waals surface area contributed by atoms with E-state index in [9.17, 15) is 19.8 Å². The summed E-state index contributed by atoms with van der Waals surface area (Å²) in [6.07, 6.45) is 0. The van der Waals surface area contributed by atoms with Gasteiger partial charge < -0.3 is 20.1 Å². The summed E-state index contributed by atoms with van der Waals surface area (Å²) in [4.78, 5) is 18.6. The molecular weight excluding hydrogens is 232 g/mol. The van der Waals surface area contributed by atoms with Crippen LogP contribution in [0, 0.1) is 0 Å². The quantitative estimate of drug-likeness (QED) is 0.429. The maximum atomic E-state index is 10.6. The lowest BCUT2D eigenvalue weighted by molar-refractivity contribution is -0.156. The molecule has 1 rings (SSSR count). The van der Waals surface area contributed by atoms with Gasteiger partial charge in [-0.25, -0.2) is 4.79 Å². The number of aliphatic hydroxyl groups is 2. The Hall–Kier alpha value is -0.440. The van der Waals surface area contributed by atoms with Gasteiger partial charge in [-0.1, -0.05) is 11.8 Å². The molecule has 0 aliphatic carbocycles. The summed E-state index contributed by atoms with van der Waals surface area (Å²) in [5.74, 6) is -1.82. The average Bonchev–Trinajstić information content (AvgIpc) is 2.11. The van der Waals surface area contributed by atoms with Crippen molar-refractivity contribution in [1.82, 2.24) is 0 Å². The van der Waals surface area contributed by atoms with Crippen molar-refractivity contribution in [3.8, 4) is 0 Å². The maximum absolute atomic E-state index is 10.6. The van der Waals surface area contributed by atoms with E-state index < -0.39 is 16.0 Å². The van der Waals surface area contributed by atoms with E-state index in [1.165, 1.54) is 0 Å². The third kappa shape index (κ3) is 2.32. The standard InChI is InChI=1S/C6H8O6S2/c7-3-12-6(11)2-13-5(10,1-14-6)4(8)9/h3,10-11H,1-2H2,(H,8,9). The van der Waals surface area contributed by atoms with E-state index in [0.29, 0.717) is 23.5 Å². The first-order valence-electron chi connectivity index (χ1n) is 3.49. The highest BCUT2D eigenvalue weighted by molar-refractivity contribution is 8.08. The normalized spacial score (nSPS) is 37.6. The lowest BCUT2D eigenvalue weighted by Crippen LogP contribution is -2.47. The van der Waals surface area contributed by atoms with Crippen LogP contribution in [0.5, 0.6) is 0 Å². The molecule has 1 heterocycles. The third-order valence-corrected chi connectivity index (χ3v) is 4.50. The van der Waals surface area contributed by atoms with Crippen molar-refractivity contribution in [2.75, 3.05) is 11.5 Å². The second-order valence-electron chi connectivity index (χ2n) is 2.59. The van der Waals surface area contributed by atoms with Crippen LogP contribution < -0.4 is 0 Å². The van der Waals surface area contributed by atoms with Crippen LogP contribution in [-0.4, -0.2) is 49.3 Å². The fraction of sp³-hybridized carbons (Fsp3) is 0.667. The molecule has 6 nitrogen and oxygen atoms in total. The number of hydrogen-bond donors (Lipinski definition) is 3. The van der Waals surface area contributed by atoms with E-state index in [-0.39, 0.29) is 18.0 Å². The Morgan fingerprint density at radius 2 is 2.00 bits per heavy atom. The van der Waals surface area contributed by atoms with Crippen LogP contribution in [0.15, 0.2) is 0 Å². The predicted octanol–water partition coefficient (Wildman–Crippen LogP) is -0.941. The summed E-state index contributed by atoms with van der Waals surface area (Å²) in [5.41, 5.74) is 0. The Morgan fingerprint density at radius 3 is 2.36 bits per heavy atom. The van der Waals surface area contributed by atoms with Gasteiger partial charge in [-0.05, 0) is 0 Å². The lowest BCUT2D eigenvalue weighted by Gasteiger charge is -2.35. The Labute approximate surface area is 87.6 Å². The number of ether oxygens (including phenoxy) is 1. The van der Waals surface area contributed by atoms with Crippen LogP contribution in [-0.2, 0) is 14.3 Å². The molecule has 0 radical (unpaired) electrons. The molecule has 8 heteroatoms. The molecule has 1 fully saturated rings. The zero-order valence-electron chi connectivity index (χ0n) is 6.87. The number of carbonyl (C=O) groups is 2. The van der Waals surface area contributed by atoms with Crippen LogP contribution >= 0.6 is 23.5 Å². The topological polar surface area (TPSA) is 104 Å². The molecule has 3 N–H and O–H groups in total. The van der Waals surface area contributed by atoms with E-state index in [1.807, 2.05) is 0 Å². The Kier molecular flexibility index (Phi) is 3.30. The minimum atomic E-state index is -1.93. The fourth-order valence-electron chi connectivity index (χ4n) is 0.771. The molecule has 2 unspecified atom stereocenters. The van der Waals surface area contributed by atoms with Gasteiger partial charge in [-0.3, -0.25) is 4.79 Å². The van der Waals surface area contributed by atoms with Crippen molar-refractivity contribution in [3.05, 3.63) is 0 Å². The molecule has 0 saturated carbocycles. The summed E-state index contributed by atoms with van der Waals surface area (Å²) in [5, 5.41) is 25.8. The summed E-state index contributed by atoms with van der Waals surface area (Å²) in [7, 11) is 0. The highest BCUT2D eigenvalue weighted by Crippen LogP contribution is 2.42. The van der Waals surface area contributed by atoms with Gasteiger partial charge in [-0.15, -0.1) is 11.8 Å². The molecule has 1 aliphatic rings. The molecule has 0 aromatic rings. The smallest absolute Gasteiger partial charge is 0.347 e. The number of hydrogen-bond acceptors (Lipinski definition) is 7. The number of carbonyl (C=O) groups excluding carboxylic acids is 1. The Morgan fingerprint density at radius 1 is 1.36 bits per heavy atom. The van der Waals surface area contributed by atoms with Crippen molar-refractivity contribution in [3.63, 3.8) is 0 Å². The minimum Gasteiger partial charge on any atom is -0.478 e. The molecule has 2 atom stereocenters. The largest absolute Gasteiger partial charge is 0.478 e. The van der Waals surface area contributed by atoms with Crippen molar-refractivity contribution in [2.24, 2.45) is 0 Å². The van der Waals surface area contributed by atoms with Crippen molar-refractivity contribution >= 4 is 36.0 Å². The second kappa shape index (κ2) is 3.97. The van der Waals surface area contributed by atoms with E-state index in [1.54, 1.807) is 0 Å². The van der Waals surface area contributed by atoms with E-state index in [2.05, 4.69) is 4.74 Å². The molecule has 0 aromatic heterocycles. The van der Waals surface area contributed by atoms with Crippen molar-refractivity contribution < 1.29 is 29.6 Å². The molecule has 0 amide bonds. The van der Waals surface area contributed by atoms with Crippen LogP contribution in [0.2, 0.25) is 0 Å². The average molecular weight is 240 g/mol.